The molecule has 0 spiro atoms. The lowest BCUT2D eigenvalue weighted by molar-refractivity contribution is 0.552. The van der Waals surface area contributed by atoms with E-state index in [4.69, 9.17) is 0 Å². The van der Waals surface area contributed by atoms with E-state index in [0.717, 1.165) is 5.56 Å². The fourth-order valence-electron chi connectivity index (χ4n) is 1.46. The van der Waals surface area contributed by atoms with Crippen LogP contribution in [0.1, 0.15) is 26.3 Å². The second-order valence-electron chi connectivity index (χ2n) is 4.30. The van der Waals surface area contributed by atoms with E-state index < -0.39 is 15.8 Å². The molecule has 1 rings (SSSR count). The van der Waals surface area contributed by atoms with Crippen LogP contribution in [0.4, 0.5) is 4.39 Å². The Bertz CT molecular complexity index is 501. The van der Waals surface area contributed by atoms with E-state index in [0.29, 0.717) is 12.6 Å². The molecule has 0 bridgehead atoms. The third kappa shape index (κ3) is 4.04. The molecule has 0 atom stereocenters. The summed E-state index contributed by atoms with van der Waals surface area (Å²) in [5.41, 5.74) is 0.719. The van der Waals surface area contributed by atoms with Crippen LogP contribution >= 0.6 is 0 Å². The minimum atomic E-state index is -3.73. The monoisotopic (exact) mass is 274 g/mol. The summed E-state index contributed by atoms with van der Waals surface area (Å²) < 4.78 is 39.3. The van der Waals surface area contributed by atoms with E-state index in [9.17, 15) is 12.8 Å². The van der Waals surface area contributed by atoms with Crippen LogP contribution in [0.5, 0.6) is 0 Å². The van der Waals surface area contributed by atoms with Crippen molar-refractivity contribution in [3.8, 4) is 0 Å². The van der Waals surface area contributed by atoms with Gasteiger partial charge in [-0.25, -0.2) is 17.5 Å². The number of benzene rings is 1. The molecule has 0 radical (unpaired) electrons. The molecule has 0 aliphatic carbocycles. The van der Waals surface area contributed by atoms with Crippen LogP contribution in [-0.4, -0.2) is 21.0 Å². The Kier molecular flexibility index (Phi) is 5.25. The standard InChI is InChI=1S/C12H19FN2O2S/c1-4-15-18(16,17)12-6-5-10(7-11(12)13)8-14-9(2)3/h5-7,9,14-15H,4,8H2,1-3H3. The van der Waals surface area contributed by atoms with Gasteiger partial charge in [0, 0.05) is 19.1 Å². The van der Waals surface area contributed by atoms with Gasteiger partial charge in [0.25, 0.3) is 0 Å². The summed E-state index contributed by atoms with van der Waals surface area (Å²) in [5, 5.41) is 3.14. The molecule has 0 aromatic heterocycles. The van der Waals surface area contributed by atoms with Gasteiger partial charge in [-0.2, -0.15) is 0 Å². The minimum Gasteiger partial charge on any atom is -0.310 e. The zero-order valence-electron chi connectivity index (χ0n) is 10.8. The van der Waals surface area contributed by atoms with Crippen molar-refractivity contribution in [3.05, 3.63) is 29.6 Å². The van der Waals surface area contributed by atoms with Gasteiger partial charge in [0.2, 0.25) is 10.0 Å². The third-order valence-corrected chi connectivity index (χ3v) is 3.91. The average molecular weight is 274 g/mol. The normalized spacial score (nSPS) is 12.1. The predicted octanol–water partition coefficient (Wildman–Crippen LogP) is 1.62. The van der Waals surface area contributed by atoms with Gasteiger partial charge in [-0.15, -0.1) is 0 Å². The number of rotatable bonds is 6. The Morgan fingerprint density at radius 2 is 2.00 bits per heavy atom. The molecule has 0 saturated heterocycles. The van der Waals surface area contributed by atoms with Crippen molar-refractivity contribution in [1.82, 2.24) is 10.0 Å². The molecule has 6 heteroatoms. The van der Waals surface area contributed by atoms with E-state index in [1.165, 1.54) is 12.1 Å². The maximum Gasteiger partial charge on any atom is 0.243 e. The maximum absolute atomic E-state index is 13.7. The SMILES string of the molecule is CCNS(=O)(=O)c1ccc(CNC(C)C)cc1F. The zero-order chi connectivity index (χ0) is 13.8. The zero-order valence-corrected chi connectivity index (χ0v) is 11.6. The van der Waals surface area contributed by atoms with Crippen LogP contribution < -0.4 is 10.0 Å². The van der Waals surface area contributed by atoms with Crippen LogP contribution in [0.15, 0.2) is 23.1 Å². The summed E-state index contributed by atoms with van der Waals surface area (Å²) >= 11 is 0. The first-order valence-corrected chi connectivity index (χ1v) is 7.36. The number of nitrogens with one attached hydrogen (secondary N) is 2. The molecule has 0 unspecified atom stereocenters. The lowest BCUT2D eigenvalue weighted by atomic mass is 10.2. The highest BCUT2D eigenvalue weighted by molar-refractivity contribution is 7.89. The van der Waals surface area contributed by atoms with E-state index >= 15 is 0 Å². The second-order valence-corrected chi connectivity index (χ2v) is 6.04. The van der Waals surface area contributed by atoms with Gasteiger partial charge in [-0.1, -0.05) is 26.8 Å². The third-order valence-electron chi connectivity index (χ3n) is 2.33. The topological polar surface area (TPSA) is 58.2 Å². The highest BCUT2D eigenvalue weighted by atomic mass is 32.2. The van der Waals surface area contributed by atoms with Crippen molar-refractivity contribution in [1.29, 1.82) is 0 Å². The first-order chi connectivity index (χ1) is 8.36. The van der Waals surface area contributed by atoms with E-state index in [1.54, 1.807) is 13.0 Å². The van der Waals surface area contributed by atoms with Gasteiger partial charge >= 0.3 is 0 Å². The van der Waals surface area contributed by atoms with Crippen LogP contribution in [0.25, 0.3) is 0 Å². The molecule has 0 saturated carbocycles. The van der Waals surface area contributed by atoms with Crippen molar-refractivity contribution >= 4 is 10.0 Å². The largest absolute Gasteiger partial charge is 0.310 e. The number of hydrogen-bond acceptors (Lipinski definition) is 3. The predicted molar refractivity (Wildman–Crippen MR) is 69.2 cm³/mol. The van der Waals surface area contributed by atoms with E-state index in [1.807, 2.05) is 13.8 Å². The highest BCUT2D eigenvalue weighted by Gasteiger charge is 2.17. The van der Waals surface area contributed by atoms with Gasteiger partial charge in [0.05, 0.1) is 0 Å². The van der Waals surface area contributed by atoms with E-state index in [-0.39, 0.29) is 11.4 Å². The summed E-state index contributed by atoms with van der Waals surface area (Å²) in [6.45, 7) is 6.37. The summed E-state index contributed by atoms with van der Waals surface area (Å²) in [7, 11) is -3.73. The minimum absolute atomic E-state index is 0.235. The molecule has 102 valence electrons. The fourth-order valence-corrected chi connectivity index (χ4v) is 2.56. The molecule has 0 heterocycles. The second kappa shape index (κ2) is 6.26. The molecule has 4 nitrogen and oxygen atoms in total. The first-order valence-electron chi connectivity index (χ1n) is 5.88. The number of halogens is 1. The van der Waals surface area contributed by atoms with Gasteiger partial charge in [-0.05, 0) is 17.7 Å². The molecule has 0 aliphatic heterocycles. The van der Waals surface area contributed by atoms with Crippen LogP contribution in [0.3, 0.4) is 0 Å². The summed E-state index contributed by atoms with van der Waals surface area (Å²) in [4.78, 5) is -0.308. The van der Waals surface area contributed by atoms with Gasteiger partial charge in [0.15, 0.2) is 0 Å². The van der Waals surface area contributed by atoms with Crippen molar-refractivity contribution in [2.45, 2.75) is 38.3 Å². The fraction of sp³-hybridized carbons (Fsp3) is 0.500. The smallest absolute Gasteiger partial charge is 0.243 e. The molecule has 2 N–H and O–H groups in total. The first kappa shape index (κ1) is 15.1. The van der Waals surface area contributed by atoms with Crippen molar-refractivity contribution in [3.63, 3.8) is 0 Å². The van der Waals surface area contributed by atoms with Crippen molar-refractivity contribution in [2.75, 3.05) is 6.54 Å². The molecule has 1 aromatic carbocycles. The molecule has 0 fully saturated rings. The number of sulfonamides is 1. The summed E-state index contributed by atoms with van der Waals surface area (Å²) in [6.07, 6.45) is 0. The van der Waals surface area contributed by atoms with Gasteiger partial charge in [0.1, 0.15) is 10.7 Å². The Morgan fingerprint density at radius 3 is 2.50 bits per heavy atom. The van der Waals surface area contributed by atoms with Gasteiger partial charge < -0.3 is 5.32 Å². The van der Waals surface area contributed by atoms with Crippen molar-refractivity contribution in [2.24, 2.45) is 0 Å². The molecule has 0 amide bonds. The molecular formula is C12H19FN2O2S. The maximum atomic E-state index is 13.7. The van der Waals surface area contributed by atoms with Gasteiger partial charge in [-0.3, -0.25) is 0 Å². The number of hydrogen-bond donors (Lipinski definition) is 2. The Labute approximate surface area is 108 Å². The van der Waals surface area contributed by atoms with Crippen LogP contribution in [-0.2, 0) is 16.6 Å². The molecule has 0 aliphatic rings. The Morgan fingerprint density at radius 1 is 1.33 bits per heavy atom. The lowest BCUT2D eigenvalue weighted by Gasteiger charge is -2.10. The molecule has 18 heavy (non-hydrogen) atoms. The summed E-state index contributed by atoms with van der Waals surface area (Å²) in [5.74, 6) is -0.723. The Hall–Kier alpha value is -0.980. The van der Waals surface area contributed by atoms with Crippen LogP contribution in [0.2, 0.25) is 0 Å². The quantitative estimate of drug-likeness (QED) is 0.829. The summed E-state index contributed by atoms with van der Waals surface area (Å²) in [6, 6.07) is 4.45. The van der Waals surface area contributed by atoms with E-state index in [2.05, 4.69) is 10.0 Å². The van der Waals surface area contributed by atoms with Crippen molar-refractivity contribution < 1.29 is 12.8 Å². The highest BCUT2D eigenvalue weighted by Crippen LogP contribution is 2.16. The molecule has 1 aromatic rings. The van der Waals surface area contributed by atoms with Crippen LogP contribution in [0, 0.1) is 5.82 Å². The Balaban J connectivity index is 2.93. The molecular weight excluding hydrogens is 255 g/mol. The lowest BCUT2D eigenvalue weighted by Crippen LogP contribution is -2.25. The average Bonchev–Trinajstić information content (AvgIpc) is 2.25.